The van der Waals surface area contributed by atoms with E-state index in [2.05, 4.69) is 4.72 Å². The second-order valence-corrected chi connectivity index (χ2v) is 8.42. The van der Waals surface area contributed by atoms with Crippen LogP contribution in [0.3, 0.4) is 0 Å². The number of halogens is 2. The topological polar surface area (TPSA) is 80.3 Å². The Labute approximate surface area is 129 Å². The number of rotatable bonds is 9. The van der Waals surface area contributed by atoms with E-state index < -0.39 is 30.5 Å². The highest BCUT2D eigenvalue weighted by molar-refractivity contribution is 7.91. The predicted molar refractivity (Wildman–Crippen MR) is 79.0 cm³/mol. The summed E-state index contributed by atoms with van der Waals surface area (Å²) >= 11 is 0. The van der Waals surface area contributed by atoms with Gasteiger partial charge < -0.3 is 0 Å². The number of benzene rings is 1. The van der Waals surface area contributed by atoms with E-state index in [1.807, 2.05) is 6.92 Å². The van der Waals surface area contributed by atoms with Crippen LogP contribution in [0.1, 0.15) is 32.6 Å². The molecular formula is C13H19F2NO4S2. The molecule has 0 heterocycles. The lowest BCUT2D eigenvalue weighted by Crippen LogP contribution is -2.24. The molecule has 5 nitrogen and oxygen atoms in total. The second kappa shape index (κ2) is 7.98. The first kappa shape index (κ1) is 19.0. The van der Waals surface area contributed by atoms with E-state index in [9.17, 15) is 25.6 Å². The zero-order valence-electron chi connectivity index (χ0n) is 12.1. The molecule has 0 aromatic heterocycles. The van der Waals surface area contributed by atoms with Crippen LogP contribution in [-0.2, 0) is 19.9 Å². The van der Waals surface area contributed by atoms with E-state index in [-0.39, 0.29) is 11.4 Å². The Morgan fingerprint density at radius 3 is 2.00 bits per heavy atom. The van der Waals surface area contributed by atoms with Crippen LogP contribution < -0.4 is 4.72 Å². The third kappa shape index (κ3) is 4.99. The maximum atomic E-state index is 12.4. The summed E-state index contributed by atoms with van der Waals surface area (Å²) in [4.78, 5) is -0.763. The van der Waals surface area contributed by atoms with E-state index in [0.29, 0.717) is 6.42 Å². The Bertz CT molecular complexity index is 670. The summed E-state index contributed by atoms with van der Waals surface area (Å²) in [5.74, 6) is -3.54. The lowest BCUT2D eigenvalue weighted by Gasteiger charge is -2.08. The van der Waals surface area contributed by atoms with Gasteiger partial charge in [0.2, 0.25) is 19.9 Å². The van der Waals surface area contributed by atoms with Crippen LogP contribution in [0.5, 0.6) is 0 Å². The molecule has 0 aliphatic rings. The van der Waals surface area contributed by atoms with E-state index in [1.54, 1.807) is 0 Å². The molecule has 0 radical (unpaired) electrons. The normalized spacial score (nSPS) is 12.7. The van der Waals surface area contributed by atoms with Crippen molar-refractivity contribution in [3.63, 3.8) is 0 Å². The summed E-state index contributed by atoms with van der Waals surface area (Å²) in [7, 11) is -8.48. The Balaban J connectivity index is 2.77. The van der Waals surface area contributed by atoms with Gasteiger partial charge in [0.15, 0.2) is 0 Å². The number of alkyl halides is 2. The summed E-state index contributed by atoms with van der Waals surface area (Å²) in [5.41, 5.74) is 0. The van der Waals surface area contributed by atoms with E-state index in [1.165, 1.54) is 0 Å². The smallest absolute Gasteiger partial charge is 0.218 e. The van der Waals surface area contributed by atoms with Crippen LogP contribution in [0.4, 0.5) is 8.78 Å². The summed E-state index contributed by atoms with van der Waals surface area (Å²) in [6, 6.07) is 3.74. The highest BCUT2D eigenvalue weighted by Crippen LogP contribution is 2.20. The summed E-state index contributed by atoms with van der Waals surface area (Å²) in [5, 5.41) is 0. The third-order valence-corrected chi connectivity index (χ3v) is 5.89. The molecule has 9 heteroatoms. The van der Waals surface area contributed by atoms with Gasteiger partial charge in [0.25, 0.3) is 0 Å². The van der Waals surface area contributed by atoms with Gasteiger partial charge in [-0.15, -0.1) is 0 Å². The maximum Gasteiger partial charge on any atom is 0.341 e. The molecule has 0 amide bonds. The first-order chi connectivity index (χ1) is 10.2. The van der Waals surface area contributed by atoms with Gasteiger partial charge in [-0.3, -0.25) is 0 Å². The quantitative estimate of drug-likeness (QED) is 0.690. The molecule has 0 unspecified atom stereocenters. The Morgan fingerprint density at radius 2 is 1.50 bits per heavy atom. The van der Waals surface area contributed by atoms with Gasteiger partial charge >= 0.3 is 5.76 Å². The molecule has 0 aliphatic carbocycles. The lowest BCUT2D eigenvalue weighted by molar-refractivity contribution is 0.234. The van der Waals surface area contributed by atoms with E-state index in [0.717, 1.165) is 43.5 Å². The number of unbranched alkanes of at least 4 members (excludes halogenated alkanes) is 3. The van der Waals surface area contributed by atoms with Crippen LogP contribution in [0.2, 0.25) is 0 Å². The highest BCUT2D eigenvalue weighted by Gasteiger charge is 2.26. The molecule has 1 rings (SSSR count). The average molecular weight is 355 g/mol. The molecule has 0 fully saturated rings. The highest BCUT2D eigenvalue weighted by atomic mass is 32.2. The van der Waals surface area contributed by atoms with Crippen molar-refractivity contribution in [2.75, 3.05) is 6.54 Å². The molecule has 126 valence electrons. The standard InChI is InChI=1S/C13H19F2NO4S2/c1-2-3-4-5-10-16-22(19,20)12-8-6-11(7-9-12)21(17,18)13(14)15/h6-9,13,16H,2-5,10H2,1H3. The van der Waals surface area contributed by atoms with Crippen molar-refractivity contribution in [1.29, 1.82) is 0 Å². The molecule has 22 heavy (non-hydrogen) atoms. The van der Waals surface area contributed by atoms with Crippen LogP contribution in [0, 0.1) is 0 Å². The molecule has 1 N–H and O–H groups in total. The molecule has 0 saturated carbocycles. The number of nitrogens with one attached hydrogen (secondary N) is 1. The molecule has 0 saturated heterocycles. The zero-order valence-corrected chi connectivity index (χ0v) is 13.8. The average Bonchev–Trinajstić information content (AvgIpc) is 2.47. The Kier molecular flexibility index (Phi) is 6.89. The van der Waals surface area contributed by atoms with Crippen LogP contribution in [0.15, 0.2) is 34.1 Å². The zero-order chi connectivity index (χ0) is 16.8. The predicted octanol–water partition coefficient (Wildman–Crippen LogP) is 2.54. The van der Waals surface area contributed by atoms with Crippen molar-refractivity contribution >= 4 is 19.9 Å². The van der Waals surface area contributed by atoms with Gasteiger partial charge in [-0.25, -0.2) is 21.6 Å². The van der Waals surface area contributed by atoms with E-state index in [4.69, 9.17) is 0 Å². The van der Waals surface area contributed by atoms with Crippen molar-refractivity contribution in [3.05, 3.63) is 24.3 Å². The molecule has 1 aromatic carbocycles. The van der Waals surface area contributed by atoms with Crippen LogP contribution >= 0.6 is 0 Å². The molecular weight excluding hydrogens is 336 g/mol. The van der Waals surface area contributed by atoms with Gasteiger partial charge in [-0.05, 0) is 30.7 Å². The van der Waals surface area contributed by atoms with Crippen molar-refractivity contribution in [1.82, 2.24) is 4.72 Å². The minimum atomic E-state index is -4.71. The second-order valence-electron chi connectivity index (χ2n) is 4.74. The summed E-state index contributed by atoms with van der Waals surface area (Å²) in [6.45, 7) is 2.32. The largest absolute Gasteiger partial charge is 0.341 e. The van der Waals surface area contributed by atoms with Gasteiger partial charge in [0.1, 0.15) is 0 Å². The summed E-state index contributed by atoms with van der Waals surface area (Å²) < 4.78 is 73.6. The number of hydrogen-bond donors (Lipinski definition) is 1. The fourth-order valence-corrected chi connectivity index (χ4v) is 3.55. The van der Waals surface area contributed by atoms with Gasteiger partial charge in [-0.2, -0.15) is 8.78 Å². The monoisotopic (exact) mass is 355 g/mol. The van der Waals surface area contributed by atoms with Crippen LogP contribution in [0.25, 0.3) is 0 Å². The van der Waals surface area contributed by atoms with E-state index >= 15 is 0 Å². The summed E-state index contributed by atoms with van der Waals surface area (Å²) in [6.07, 6.45) is 3.66. The molecule has 0 spiro atoms. The Hall–Kier alpha value is -1.06. The molecule has 0 atom stereocenters. The van der Waals surface area contributed by atoms with Gasteiger partial charge in [0, 0.05) is 6.54 Å². The van der Waals surface area contributed by atoms with Crippen molar-refractivity contribution < 1.29 is 25.6 Å². The number of sulfonamides is 1. The maximum absolute atomic E-state index is 12.4. The number of hydrogen-bond acceptors (Lipinski definition) is 4. The molecule has 0 aliphatic heterocycles. The Morgan fingerprint density at radius 1 is 0.955 bits per heavy atom. The SMILES string of the molecule is CCCCCCNS(=O)(=O)c1ccc(S(=O)(=O)C(F)F)cc1. The van der Waals surface area contributed by atoms with Crippen molar-refractivity contribution in [2.24, 2.45) is 0 Å². The fraction of sp³-hybridized carbons (Fsp3) is 0.538. The van der Waals surface area contributed by atoms with Crippen molar-refractivity contribution in [3.8, 4) is 0 Å². The minimum Gasteiger partial charge on any atom is -0.218 e. The fourth-order valence-electron chi connectivity index (χ4n) is 1.75. The molecule has 1 aromatic rings. The van der Waals surface area contributed by atoms with Crippen LogP contribution in [-0.4, -0.2) is 29.1 Å². The molecule has 0 bridgehead atoms. The third-order valence-electron chi connectivity index (χ3n) is 3.02. The lowest BCUT2D eigenvalue weighted by atomic mass is 10.2. The first-order valence-electron chi connectivity index (χ1n) is 6.83. The van der Waals surface area contributed by atoms with Gasteiger partial charge in [0.05, 0.1) is 9.79 Å². The minimum absolute atomic E-state index is 0.156. The van der Waals surface area contributed by atoms with Gasteiger partial charge in [-0.1, -0.05) is 26.2 Å². The first-order valence-corrected chi connectivity index (χ1v) is 9.86. The van der Waals surface area contributed by atoms with Crippen molar-refractivity contribution in [2.45, 2.75) is 48.2 Å². The number of sulfone groups is 1.